The second kappa shape index (κ2) is 7.24. The molecule has 0 aliphatic carbocycles. The zero-order valence-corrected chi connectivity index (χ0v) is 15.3. The molecule has 0 fully saturated rings. The fourth-order valence-electron chi connectivity index (χ4n) is 2.31. The number of nitrogens with two attached hydrogens (primary N) is 1. The van der Waals surface area contributed by atoms with Crippen molar-refractivity contribution < 1.29 is 0 Å². The van der Waals surface area contributed by atoms with Gasteiger partial charge in [-0.3, -0.25) is 5.01 Å². The Morgan fingerprint density at radius 1 is 1.13 bits per heavy atom. The molecule has 0 spiro atoms. The predicted molar refractivity (Wildman–Crippen MR) is 102 cm³/mol. The quantitative estimate of drug-likeness (QED) is 0.448. The molecule has 122 valence electrons. The Hall–Kier alpha value is -1.71. The summed E-state index contributed by atoms with van der Waals surface area (Å²) in [6.07, 6.45) is 0. The molecule has 3 nitrogen and oxygen atoms in total. The van der Waals surface area contributed by atoms with E-state index in [4.69, 9.17) is 34.0 Å². The molecule has 0 aliphatic heterocycles. The van der Waals surface area contributed by atoms with Gasteiger partial charge in [-0.05, 0) is 58.0 Å². The van der Waals surface area contributed by atoms with Gasteiger partial charge in [0, 0.05) is 22.3 Å². The summed E-state index contributed by atoms with van der Waals surface area (Å²) in [5, 5.41) is 7.81. The highest BCUT2D eigenvalue weighted by Gasteiger charge is 2.15. The van der Waals surface area contributed by atoms with Crippen LogP contribution in [0.3, 0.4) is 0 Å². The molecule has 0 heterocycles. The van der Waals surface area contributed by atoms with Crippen LogP contribution in [0.15, 0.2) is 41.5 Å². The molecule has 2 N–H and O–H groups in total. The summed E-state index contributed by atoms with van der Waals surface area (Å²) in [5.74, 6) is 0. The minimum absolute atomic E-state index is 0.134. The summed E-state index contributed by atoms with van der Waals surface area (Å²) in [7, 11) is 0. The average molecular weight is 350 g/mol. The monoisotopic (exact) mass is 349 g/mol. The standard InChI is InChI=1S/C18H21Cl2N3/c1-11(2)23(18-8-6-14(19)10-16(18)20)22-13(4)15-9-12(3)5-7-17(15)21/h5-11H,21H2,1-4H3/b22-13+. The van der Waals surface area contributed by atoms with E-state index in [0.29, 0.717) is 15.7 Å². The maximum Gasteiger partial charge on any atom is 0.0784 e. The highest BCUT2D eigenvalue weighted by molar-refractivity contribution is 6.36. The second-order valence-electron chi connectivity index (χ2n) is 5.81. The first kappa shape index (κ1) is 17.6. The fraction of sp³-hybridized carbons (Fsp3) is 0.278. The number of benzene rings is 2. The average Bonchev–Trinajstić information content (AvgIpc) is 2.47. The SMILES string of the molecule is C/C(=N\N(c1ccc(Cl)cc1Cl)C(C)C)c1cc(C)ccc1N. The lowest BCUT2D eigenvalue weighted by Gasteiger charge is -2.25. The van der Waals surface area contributed by atoms with E-state index < -0.39 is 0 Å². The summed E-state index contributed by atoms with van der Waals surface area (Å²) in [4.78, 5) is 0. The van der Waals surface area contributed by atoms with Crippen molar-refractivity contribution in [1.82, 2.24) is 0 Å². The zero-order valence-electron chi connectivity index (χ0n) is 13.8. The van der Waals surface area contributed by atoms with Gasteiger partial charge in [-0.15, -0.1) is 0 Å². The molecule has 0 aromatic heterocycles. The topological polar surface area (TPSA) is 41.6 Å². The smallest absolute Gasteiger partial charge is 0.0784 e. The molecule has 0 atom stereocenters. The number of aryl methyl sites for hydroxylation is 1. The van der Waals surface area contributed by atoms with Crippen LogP contribution in [0.25, 0.3) is 0 Å². The molecule has 0 saturated heterocycles. The zero-order chi connectivity index (χ0) is 17.1. The number of halogens is 2. The Morgan fingerprint density at radius 2 is 1.83 bits per heavy atom. The van der Waals surface area contributed by atoms with Crippen molar-refractivity contribution in [3.8, 4) is 0 Å². The van der Waals surface area contributed by atoms with Crippen molar-refractivity contribution in [3.05, 3.63) is 57.6 Å². The van der Waals surface area contributed by atoms with E-state index >= 15 is 0 Å². The van der Waals surface area contributed by atoms with Gasteiger partial charge >= 0.3 is 0 Å². The molecular weight excluding hydrogens is 329 g/mol. The van der Waals surface area contributed by atoms with Gasteiger partial charge < -0.3 is 5.73 Å². The largest absolute Gasteiger partial charge is 0.398 e. The minimum Gasteiger partial charge on any atom is -0.398 e. The molecule has 0 radical (unpaired) electrons. The summed E-state index contributed by atoms with van der Waals surface area (Å²) in [5.41, 5.74) is 10.5. The van der Waals surface area contributed by atoms with E-state index in [2.05, 4.69) is 13.8 Å². The van der Waals surface area contributed by atoms with Gasteiger partial charge in [0.1, 0.15) is 0 Å². The van der Waals surface area contributed by atoms with Gasteiger partial charge in [0.25, 0.3) is 0 Å². The van der Waals surface area contributed by atoms with Crippen LogP contribution in [0.4, 0.5) is 11.4 Å². The molecule has 0 bridgehead atoms. The number of nitrogens with zero attached hydrogens (tertiary/aromatic N) is 2. The van der Waals surface area contributed by atoms with Gasteiger partial charge in [0.15, 0.2) is 0 Å². The maximum absolute atomic E-state index is 6.33. The van der Waals surface area contributed by atoms with E-state index in [-0.39, 0.29) is 6.04 Å². The lowest BCUT2D eigenvalue weighted by atomic mass is 10.1. The summed E-state index contributed by atoms with van der Waals surface area (Å²) in [6, 6.07) is 11.5. The number of hydrogen-bond acceptors (Lipinski definition) is 3. The third kappa shape index (κ3) is 4.18. The van der Waals surface area contributed by atoms with Crippen LogP contribution < -0.4 is 10.7 Å². The lowest BCUT2D eigenvalue weighted by molar-refractivity contribution is 0.713. The first-order chi connectivity index (χ1) is 10.8. The molecule has 0 saturated carbocycles. The highest BCUT2D eigenvalue weighted by Crippen LogP contribution is 2.31. The molecule has 2 aromatic rings. The Bertz CT molecular complexity index is 739. The maximum atomic E-state index is 6.33. The van der Waals surface area contributed by atoms with Crippen LogP contribution in [0.1, 0.15) is 31.9 Å². The highest BCUT2D eigenvalue weighted by atomic mass is 35.5. The number of hydrogen-bond donors (Lipinski definition) is 1. The van der Waals surface area contributed by atoms with E-state index in [1.165, 1.54) is 0 Å². The first-order valence-corrected chi connectivity index (χ1v) is 8.21. The van der Waals surface area contributed by atoms with E-state index in [1.807, 2.05) is 49.2 Å². The van der Waals surface area contributed by atoms with Crippen LogP contribution in [-0.4, -0.2) is 11.8 Å². The van der Waals surface area contributed by atoms with Crippen molar-refractivity contribution in [2.45, 2.75) is 33.7 Å². The summed E-state index contributed by atoms with van der Waals surface area (Å²) in [6.45, 7) is 8.10. The lowest BCUT2D eigenvalue weighted by Crippen LogP contribution is -2.27. The van der Waals surface area contributed by atoms with Gasteiger partial charge in [0.2, 0.25) is 0 Å². The predicted octanol–water partition coefficient (Wildman–Crippen LogP) is 5.52. The van der Waals surface area contributed by atoms with E-state index in [9.17, 15) is 0 Å². The van der Waals surface area contributed by atoms with Crippen molar-refractivity contribution in [2.24, 2.45) is 5.10 Å². The van der Waals surface area contributed by atoms with Gasteiger partial charge in [-0.2, -0.15) is 5.10 Å². The number of anilines is 2. The number of nitrogen functional groups attached to an aromatic ring is 1. The molecular formula is C18H21Cl2N3. The summed E-state index contributed by atoms with van der Waals surface area (Å²) < 4.78 is 0. The molecule has 0 unspecified atom stereocenters. The number of rotatable bonds is 4. The minimum atomic E-state index is 0.134. The molecule has 2 rings (SSSR count). The van der Waals surface area contributed by atoms with Crippen LogP contribution in [-0.2, 0) is 0 Å². The molecule has 5 heteroatoms. The van der Waals surface area contributed by atoms with Crippen LogP contribution >= 0.6 is 23.2 Å². The van der Waals surface area contributed by atoms with Gasteiger partial charge in [0.05, 0.1) is 16.4 Å². The Labute approximate surface area is 147 Å². The van der Waals surface area contributed by atoms with Crippen LogP contribution in [0, 0.1) is 6.92 Å². The fourth-order valence-corrected chi connectivity index (χ4v) is 2.81. The van der Waals surface area contributed by atoms with E-state index in [0.717, 1.165) is 22.5 Å². The van der Waals surface area contributed by atoms with Crippen molar-refractivity contribution in [1.29, 1.82) is 0 Å². The molecule has 23 heavy (non-hydrogen) atoms. The Kier molecular flexibility index (Phi) is 5.55. The van der Waals surface area contributed by atoms with Gasteiger partial charge in [-0.1, -0.05) is 34.8 Å². The van der Waals surface area contributed by atoms with Crippen molar-refractivity contribution >= 4 is 40.3 Å². The van der Waals surface area contributed by atoms with E-state index in [1.54, 1.807) is 6.07 Å². The summed E-state index contributed by atoms with van der Waals surface area (Å²) >= 11 is 12.3. The van der Waals surface area contributed by atoms with Crippen LogP contribution in [0.5, 0.6) is 0 Å². The second-order valence-corrected chi connectivity index (χ2v) is 6.65. The third-order valence-corrected chi connectivity index (χ3v) is 4.04. The Balaban J connectivity index is 2.48. The Morgan fingerprint density at radius 3 is 2.43 bits per heavy atom. The molecule has 2 aromatic carbocycles. The number of hydrazone groups is 1. The normalized spacial score (nSPS) is 11.9. The molecule has 0 amide bonds. The van der Waals surface area contributed by atoms with Crippen molar-refractivity contribution in [3.63, 3.8) is 0 Å². The first-order valence-electron chi connectivity index (χ1n) is 7.45. The third-order valence-electron chi connectivity index (χ3n) is 3.50. The van der Waals surface area contributed by atoms with Crippen molar-refractivity contribution in [2.75, 3.05) is 10.7 Å². The van der Waals surface area contributed by atoms with Crippen LogP contribution in [0.2, 0.25) is 10.0 Å². The molecule has 0 aliphatic rings. The van der Waals surface area contributed by atoms with Gasteiger partial charge in [-0.25, -0.2) is 0 Å².